The van der Waals surface area contributed by atoms with Gasteiger partial charge in [-0.2, -0.15) is 18.3 Å². The van der Waals surface area contributed by atoms with E-state index in [0.29, 0.717) is 22.4 Å². The highest BCUT2D eigenvalue weighted by atomic mass is 19.4. The maximum absolute atomic E-state index is 12.9. The highest BCUT2D eigenvalue weighted by Gasteiger charge is 2.31. The molecule has 0 saturated heterocycles. The fourth-order valence-corrected chi connectivity index (χ4v) is 2.88. The van der Waals surface area contributed by atoms with Gasteiger partial charge in [-0.25, -0.2) is 4.98 Å². The standard InChI is InChI=1S/C19H15F3N6O/c1-9-10(2)27-28-16(9)18(29)25-14-4-11-5-15(26-17(11)24-8-14)12-3-13(7-23-6-12)19(20,21)22/h3-8H,1-2H3,(H,24,26)(H,25,29)(H,27,28). The van der Waals surface area contributed by atoms with Crippen LogP contribution in [0.15, 0.2) is 36.8 Å². The van der Waals surface area contributed by atoms with Gasteiger partial charge in [0.2, 0.25) is 0 Å². The van der Waals surface area contributed by atoms with Crippen molar-refractivity contribution < 1.29 is 18.0 Å². The number of aryl methyl sites for hydroxylation is 1. The Kier molecular flexibility index (Phi) is 4.33. The number of carbonyl (C=O) groups is 1. The van der Waals surface area contributed by atoms with E-state index in [-0.39, 0.29) is 17.2 Å². The molecule has 29 heavy (non-hydrogen) atoms. The van der Waals surface area contributed by atoms with Crippen LogP contribution in [0.1, 0.15) is 27.3 Å². The highest BCUT2D eigenvalue weighted by Crippen LogP contribution is 2.32. The lowest BCUT2D eigenvalue weighted by Gasteiger charge is -2.06. The van der Waals surface area contributed by atoms with Crippen LogP contribution < -0.4 is 5.32 Å². The summed E-state index contributed by atoms with van der Waals surface area (Å²) in [5.74, 6) is -0.383. The molecule has 10 heteroatoms. The monoisotopic (exact) mass is 400 g/mol. The SMILES string of the molecule is Cc1[nH]nc(C(=O)Nc2cnc3[nH]c(-c4cncc(C(F)(F)F)c4)cc3c2)c1C. The summed E-state index contributed by atoms with van der Waals surface area (Å²) in [6, 6.07) is 4.35. The summed E-state index contributed by atoms with van der Waals surface area (Å²) < 4.78 is 38.8. The molecule has 0 atom stereocenters. The third-order valence-electron chi connectivity index (χ3n) is 4.57. The van der Waals surface area contributed by atoms with Crippen LogP contribution in [-0.2, 0) is 6.18 Å². The van der Waals surface area contributed by atoms with Crippen LogP contribution >= 0.6 is 0 Å². The lowest BCUT2D eigenvalue weighted by Crippen LogP contribution is -2.13. The Morgan fingerprint density at radius 1 is 1.10 bits per heavy atom. The second kappa shape index (κ2) is 6.73. The number of fused-ring (bicyclic) bond motifs is 1. The highest BCUT2D eigenvalue weighted by molar-refractivity contribution is 6.04. The van der Waals surface area contributed by atoms with Crippen molar-refractivity contribution in [3.05, 3.63) is 59.3 Å². The summed E-state index contributed by atoms with van der Waals surface area (Å²) in [5.41, 5.74) is 2.63. The van der Waals surface area contributed by atoms with Crippen molar-refractivity contribution in [2.75, 3.05) is 5.32 Å². The first-order valence-corrected chi connectivity index (χ1v) is 8.56. The molecule has 0 saturated carbocycles. The van der Waals surface area contributed by atoms with Crippen molar-refractivity contribution in [2.24, 2.45) is 0 Å². The summed E-state index contributed by atoms with van der Waals surface area (Å²) in [6.07, 6.45) is -0.907. The number of H-pyrrole nitrogens is 2. The Morgan fingerprint density at radius 2 is 1.90 bits per heavy atom. The fourth-order valence-electron chi connectivity index (χ4n) is 2.88. The van der Waals surface area contributed by atoms with Gasteiger partial charge in [-0.3, -0.25) is 14.9 Å². The van der Waals surface area contributed by atoms with E-state index in [0.717, 1.165) is 23.5 Å². The van der Waals surface area contributed by atoms with Crippen LogP contribution in [0, 0.1) is 13.8 Å². The maximum Gasteiger partial charge on any atom is 0.417 e. The summed E-state index contributed by atoms with van der Waals surface area (Å²) in [6.45, 7) is 3.60. The van der Waals surface area contributed by atoms with Gasteiger partial charge in [-0.15, -0.1) is 0 Å². The molecule has 0 aliphatic heterocycles. The molecular formula is C19H15F3N6O. The largest absolute Gasteiger partial charge is 0.417 e. The number of nitrogens with one attached hydrogen (secondary N) is 3. The molecule has 3 N–H and O–H groups in total. The van der Waals surface area contributed by atoms with Crippen LogP contribution in [0.2, 0.25) is 0 Å². The number of hydrogen-bond donors (Lipinski definition) is 3. The molecule has 148 valence electrons. The molecule has 4 heterocycles. The van der Waals surface area contributed by atoms with Crippen LogP contribution in [-0.4, -0.2) is 31.1 Å². The van der Waals surface area contributed by atoms with Crippen molar-refractivity contribution >= 4 is 22.6 Å². The van der Waals surface area contributed by atoms with E-state index in [4.69, 9.17) is 0 Å². The quantitative estimate of drug-likeness (QED) is 0.479. The zero-order chi connectivity index (χ0) is 20.8. The van der Waals surface area contributed by atoms with Gasteiger partial charge in [-0.1, -0.05) is 0 Å². The minimum atomic E-state index is -4.48. The number of amides is 1. The second-order valence-corrected chi connectivity index (χ2v) is 6.58. The molecule has 0 spiro atoms. The lowest BCUT2D eigenvalue weighted by atomic mass is 10.1. The minimum absolute atomic E-state index is 0.283. The van der Waals surface area contributed by atoms with E-state index in [2.05, 4.69) is 30.5 Å². The zero-order valence-electron chi connectivity index (χ0n) is 15.3. The first-order chi connectivity index (χ1) is 13.7. The topological polar surface area (TPSA) is 99.4 Å². The molecule has 7 nitrogen and oxygen atoms in total. The predicted octanol–water partition coefficient (Wildman–Crippen LogP) is 4.24. The smallest absolute Gasteiger partial charge is 0.339 e. The van der Waals surface area contributed by atoms with E-state index in [9.17, 15) is 18.0 Å². The van der Waals surface area contributed by atoms with E-state index >= 15 is 0 Å². The van der Waals surface area contributed by atoms with Crippen molar-refractivity contribution in [1.29, 1.82) is 0 Å². The van der Waals surface area contributed by atoms with Crippen LogP contribution in [0.5, 0.6) is 0 Å². The van der Waals surface area contributed by atoms with Crippen molar-refractivity contribution in [2.45, 2.75) is 20.0 Å². The molecular weight excluding hydrogens is 385 g/mol. The van der Waals surface area contributed by atoms with E-state index in [1.807, 2.05) is 6.92 Å². The van der Waals surface area contributed by atoms with Gasteiger partial charge in [0.05, 0.1) is 17.4 Å². The van der Waals surface area contributed by atoms with Crippen molar-refractivity contribution in [3.8, 4) is 11.3 Å². The summed E-state index contributed by atoms with van der Waals surface area (Å²) in [5, 5.41) is 10.1. The molecule has 0 unspecified atom stereocenters. The molecule has 0 aliphatic carbocycles. The number of anilines is 1. The number of hydrogen-bond acceptors (Lipinski definition) is 4. The molecule has 4 rings (SSSR count). The summed E-state index contributed by atoms with van der Waals surface area (Å²) in [4.78, 5) is 23.3. The third-order valence-corrected chi connectivity index (χ3v) is 4.57. The van der Waals surface area contributed by atoms with E-state index in [1.165, 1.54) is 12.4 Å². The second-order valence-electron chi connectivity index (χ2n) is 6.58. The van der Waals surface area contributed by atoms with Crippen LogP contribution in [0.4, 0.5) is 18.9 Å². The molecule has 4 aromatic heterocycles. The van der Waals surface area contributed by atoms with E-state index < -0.39 is 11.7 Å². The fraction of sp³-hybridized carbons (Fsp3) is 0.158. The third kappa shape index (κ3) is 3.56. The van der Waals surface area contributed by atoms with Crippen molar-refractivity contribution in [3.63, 3.8) is 0 Å². The van der Waals surface area contributed by atoms with Gasteiger partial charge in [-0.05, 0) is 32.0 Å². The minimum Gasteiger partial charge on any atom is -0.339 e. The molecule has 4 aromatic rings. The number of aromatic amines is 2. The van der Waals surface area contributed by atoms with Crippen LogP contribution in [0.25, 0.3) is 22.3 Å². The Balaban J connectivity index is 1.63. The number of halogens is 3. The van der Waals surface area contributed by atoms with Gasteiger partial charge >= 0.3 is 6.18 Å². The van der Waals surface area contributed by atoms with Gasteiger partial charge in [0.15, 0.2) is 5.69 Å². The number of carbonyl (C=O) groups excluding carboxylic acids is 1. The van der Waals surface area contributed by atoms with Gasteiger partial charge in [0.25, 0.3) is 5.91 Å². The Morgan fingerprint density at radius 3 is 2.59 bits per heavy atom. The molecule has 1 amide bonds. The molecule has 0 radical (unpaired) electrons. The molecule has 0 aliphatic rings. The Labute approximate surface area is 162 Å². The molecule has 0 aromatic carbocycles. The molecule has 0 fully saturated rings. The number of aromatic nitrogens is 5. The average molecular weight is 400 g/mol. The Bertz CT molecular complexity index is 1220. The molecule has 0 bridgehead atoms. The van der Waals surface area contributed by atoms with Gasteiger partial charge < -0.3 is 10.3 Å². The van der Waals surface area contributed by atoms with Crippen LogP contribution in [0.3, 0.4) is 0 Å². The maximum atomic E-state index is 12.9. The van der Waals surface area contributed by atoms with Gasteiger partial charge in [0.1, 0.15) is 5.65 Å². The first-order valence-electron chi connectivity index (χ1n) is 8.56. The number of pyridine rings is 2. The predicted molar refractivity (Wildman–Crippen MR) is 100 cm³/mol. The first kappa shape index (κ1) is 18.7. The summed E-state index contributed by atoms with van der Waals surface area (Å²) >= 11 is 0. The van der Waals surface area contributed by atoms with E-state index in [1.54, 1.807) is 19.1 Å². The normalized spacial score (nSPS) is 11.8. The van der Waals surface area contributed by atoms with Gasteiger partial charge in [0, 0.05) is 40.3 Å². The Hall–Kier alpha value is -3.69. The zero-order valence-corrected chi connectivity index (χ0v) is 15.3. The van der Waals surface area contributed by atoms with Crippen molar-refractivity contribution in [1.82, 2.24) is 25.1 Å². The lowest BCUT2D eigenvalue weighted by molar-refractivity contribution is -0.137. The summed E-state index contributed by atoms with van der Waals surface area (Å²) in [7, 11) is 0. The number of nitrogens with zero attached hydrogens (tertiary/aromatic N) is 3. The average Bonchev–Trinajstić information content (AvgIpc) is 3.24. The number of rotatable bonds is 3. The number of alkyl halides is 3.